The molecule has 0 aromatic rings. The van der Waals surface area contributed by atoms with Gasteiger partial charge in [-0.25, -0.2) is 0 Å². The molecule has 0 heterocycles. The maximum absolute atomic E-state index is 6.00. The molecule has 3 aliphatic carbocycles. The minimum absolute atomic E-state index is 0.650. The molecule has 2 bridgehead atoms. The smallest absolute Gasteiger partial charge is 0.107 e. The third-order valence-electron chi connectivity index (χ3n) is 6.68. The van der Waals surface area contributed by atoms with E-state index in [2.05, 4.69) is 19.9 Å². The van der Waals surface area contributed by atoms with Gasteiger partial charge in [0, 0.05) is 6.42 Å². The van der Waals surface area contributed by atoms with Crippen LogP contribution in [0.3, 0.4) is 0 Å². The minimum Gasteiger partial charge on any atom is -0.501 e. The number of hydrogen-bond acceptors (Lipinski definition) is 1. The molecule has 0 amide bonds. The minimum atomic E-state index is 0.650. The zero-order valence-electron chi connectivity index (χ0n) is 14.1. The van der Waals surface area contributed by atoms with Crippen molar-refractivity contribution in [1.82, 2.24) is 0 Å². The fraction of sp³-hybridized carbons (Fsp3) is 0.789. The van der Waals surface area contributed by atoms with E-state index in [1.165, 1.54) is 37.7 Å². The number of allylic oxidation sites excluding steroid dienone is 4. The lowest BCUT2D eigenvalue weighted by molar-refractivity contribution is -0.0194. The van der Waals surface area contributed by atoms with Crippen molar-refractivity contribution in [3.05, 3.63) is 22.9 Å². The van der Waals surface area contributed by atoms with Crippen LogP contribution in [0.25, 0.3) is 0 Å². The largest absolute Gasteiger partial charge is 0.501 e. The molecule has 1 nitrogen and oxygen atoms in total. The van der Waals surface area contributed by atoms with Gasteiger partial charge in [0.05, 0.1) is 12.9 Å². The molecule has 3 aliphatic rings. The second-order valence-electron chi connectivity index (χ2n) is 7.93. The molecule has 4 unspecified atom stereocenters. The van der Waals surface area contributed by atoms with E-state index >= 15 is 0 Å². The van der Waals surface area contributed by atoms with Crippen LogP contribution >= 0.6 is 0 Å². The molecule has 2 heteroatoms. The second kappa shape index (κ2) is 5.52. The molecule has 0 spiro atoms. The van der Waals surface area contributed by atoms with Gasteiger partial charge in [-0.2, -0.15) is 0 Å². The first-order valence-electron chi connectivity index (χ1n) is 8.68. The molecular weight excluding hydrogens is 255 g/mol. The van der Waals surface area contributed by atoms with E-state index in [0.717, 1.165) is 35.4 Å². The first-order chi connectivity index (χ1) is 9.97. The Bertz CT molecular complexity index is 468. The molecule has 3 saturated carbocycles. The van der Waals surface area contributed by atoms with Crippen LogP contribution in [0.1, 0.15) is 59.3 Å². The van der Waals surface area contributed by atoms with Crippen LogP contribution in [-0.4, -0.2) is 15.0 Å². The summed E-state index contributed by atoms with van der Waals surface area (Å²) in [5.74, 6) is 4.67. The average molecular weight is 284 g/mol. The van der Waals surface area contributed by atoms with Gasteiger partial charge in [0.15, 0.2) is 0 Å². The van der Waals surface area contributed by atoms with Crippen LogP contribution in [0.4, 0.5) is 0 Å². The lowest BCUT2D eigenvalue weighted by atomic mass is 9.53. The summed E-state index contributed by atoms with van der Waals surface area (Å²) in [5, 5.41) is 0. The third kappa shape index (κ3) is 2.49. The van der Waals surface area contributed by atoms with Gasteiger partial charge in [0.1, 0.15) is 7.85 Å². The van der Waals surface area contributed by atoms with Crippen molar-refractivity contribution in [2.75, 3.05) is 7.11 Å². The molecule has 21 heavy (non-hydrogen) atoms. The van der Waals surface area contributed by atoms with Crippen molar-refractivity contribution in [2.24, 2.45) is 29.1 Å². The van der Waals surface area contributed by atoms with Gasteiger partial charge in [0.2, 0.25) is 0 Å². The highest BCUT2D eigenvalue weighted by atomic mass is 16.5. The molecule has 0 saturated heterocycles. The van der Waals surface area contributed by atoms with Crippen molar-refractivity contribution < 1.29 is 4.74 Å². The predicted molar refractivity (Wildman–Crippen MR) is 89.0 cm³/mol. The van der Waals surface area contributed by atoms with E-state index in [1.807, 2.05) is 14.0 Å². The first kappa shape index (κ1) is 15.2. The SMILES string of the molecule is [B]/C(C)=C/C(=C(\CC)OC)C1CC2CC3CC(C1)[C@]3(C)C2. The van der Waals surface area contributed by atoms with E-state index in [9.17, 15) is 0 Å². The Morgan fingerprint density at radius 2 is 1.95 bits per heavy atom. The molecule has 2 radical (unpaired) electrons. The first-order valence-corrected chi connectivity index (χ1v) is 8.68. The summed E-state index contributed by atoms with van der Waals surface area (Å²) in [6.07, 6.45) is 10.2. The molecule has 3 fully saturated rings. The highest BCUT2D eigenvalue weighted by Crippen LogP contribution is 2.67. The monoisotopic (exact) mass is 284 g/mol. The Labute approximate surface area is 131 Å². The predicted octanol–water partition coefficient (Wildman–Crippen LogP) is 4.83. The van der Waals surface area contributed by atoms with Gasteiger partial charge in [-0.3, -0.25) is 0 Å². The molecule has 5 atom stereocenters. The van der Waals surface area contributed by atoms with Crippen LogP contribution in [0.5, 0.6) is 0 Å². The number of hydrogen-bond donors (Lipinski definition) is 0. The number of ether oxygens (including phenoxy) is 1. The van der Waals surface area contributed by atoms with Gasteiger partial charge >= 0.3 is 0 Å². The average Bonchev–Trinajstić information content (AvgIpc) is 2.58. The van der Waals surface area contributed by atoms with Crippen molar-refractivity contribution in [3.63, 3.8) is 0 Å². The third-order valence-corrected chi connectivity index (χ3v) is 6.68. The lowest BCUT2D eigenvalue weighted by Crippen LogP contribution is -2.44. The summed E-state index contributed by atoms with van der Waals surface area (Å²) in [6.45, 7) is 6.73. The summed E-state index contributed by atoms with van der Waals surface area (Å²) >= 11 is 0. The Morgan fingerprint density at radius 3 is 2.57 bits per heavy atom. The van der Waals surface area contributed by atoms with Crippen molar-refractivity contribution in [2.45, 2.75) is 59.3 Å². The molecule has 0 aliphatic heterocycles. The van der Waals surface area contributed by atoms with Gasteiger partial charge in [-0.15, -0.1) is 5.47 Å². The van der Waals surface area contributed by atoms with Gasteiger partial charge in [0.25, 0.3) is 0 Å². The number of methoxy groups -OCH3 is 1. The highest BCUT2D eigenvalue weighted by Gasteiger charge is 2.58. The summed E-state index contributed by atoms with van der Waals surface area (Å²) in [5.41, 5.74) is 2.95. The van der Waals surface area contributed by atoms with Gasteiger partial charge < -0.3 is 4.74 Å². The molecular formula is C19H29BO. The zero-order chi connectivity index (χ0) is 15.2. The Hall–Kier alpha value is -0.655. The van der Waals surface area contributed by atoms with Crippen LogP contribution in [0.15, 0.2) is 22.9 Å². The molecule has 3 rings (SSSR count). The van der Waals surface area contributed by atoms with Crippen molar-refractivity contribution >= 4 is 7.85 Å². The zero-order valence-corrected chi connectivity index (χ0v) is 14.1. The Balaban J connectivity index is 1.90. The van der Waals surface area contributed by atoms with E-state index in [-0.39, 0.29) is 0 Å². The summed E-state index contributed by atoms with van der Waals surface area (Å²) < 4.78 is 5.69. The van der Waals surface area contributed by atoms with E-state index < -0.39 is 0 Å². The number of rotatable bonds is 4. The van der Waals surface area contributed by atoms with Crippen molar-refractivity contribution in [3.8, 4) is 0 Å². The standard InChI is InChI=1S/C19H29BO/c1-5-18(21-4)17(6-12(2)20)14-7-13-8-15-10-16(9-14)19(15,3)11-13/h6,13-16H,5,7-11H2,1-4H3/b12-6+,18-17-/t13?,14?,15?,16?,19-/m1/s1. The van der Waals surface area contributed by atoms with Crippen LogP contribution in [0.2, 0.25) is 0 Å². The highest BCUT2D eigenvalue weighted by molar-refractivity contribution is 6.21. The maximum atomic E-state index is 6.00. The van der Waals surface area contributed by atoms with Crippen LogP contribution < -0.4 is 0 Å². The second-order valence-corrected chi connectivity index (χ2v) is 7.93. The fourth-order valence-corrected chi connectivity index (χ4v) is 5.64. The van der Waals surface area contributed by atoms with Gasteiger partial charge in [-0.05, 0) is 66.8 Å². The molecule has 0 N–H and O–H groups in total. The molecule has 114 valence electrons. The molecule has 0 aromatic heterocycles. The fourth-order valence-electron chi connectivity index (χ4n) is 5.64. The molecule has 0 aromatic carbocycles. The van der Waals surface area contributed by atoms with Crippen molar-refractivity contribution in [1.29, 1.82) is 0 Å². The Morgan fingerprint density at radius 1 is 1.24 bits per heavy atom. The maximum Gasteiger partial charge on any atom is 0.107 e. The van der Waals surface area contributed by atoms with Gasteiger partial charge in [-0.1, -0.05) is 26.8 Å². The topological polar surface area (TPSA) is 9.23 Å². The Kier molecular flexibility index (Phi) is 4.01. The van der Waals surface area contributed by atoms with E-state index in [0.29, 0.717) is 11.3 Å². The van der Waals surface area contributed by atoms with Crippen LogP contribution in [-0.2, 0) is 4.74 Å². The number of fused-ring (bicyclic) bond motifs is 1. The van der Waals surface area contributed by atoms with E-state index in [4.69, 9.17) is 12.6 Å². The van der Waals surface area contributed by atoms with Crippen LogP contribution in [0, 0.1) is 29.1 Å². The van der Waals surface area contributed by atoms with E-state index in [1.54, 1.807) is 0 Å². The summed E-state index contributed by atoms with van der Waals surface area (Å²) in [6, 6.07) is 0. The summed E-state index contributed by atoms with van der Waals surface area (Å²) in [7, 11) is 7.81. The summed E-state index contributed by atoms with van der Waals surface area (Å²) in [4.78, 5) is 0. The quantitative estimate of drug-likeness (QED) is 0.408. The normalized spacial score (nSPS) is 43.0. The lowest BCUT2D eigenvalue weighted by Gasteiger charge is -2.52.